The maximum atomic E-state index is 0. The Labute approximate surface area is 240 Å². The summed E-state index contributed by atoms with van der Waals surface area (Å²) in [7, 11) is 0. The second-order valence-electron chi connectivity index (χ2n) is 0. The minimum atomic E-state index is 0. The monoisotopic (exact) mass is 519 g/mol. The highest BCUT2D eigenvalue weighted by Gasteiger charge is -0.0466. The lowest BCUT2D eigenvalue weighted by atomic mass is 12.0. The molecule has 0 heterocycles. The summed E-state index contributed by atoms with van der Waals surface area (Å²) >= 11 is 0. The second-order valence-corrected chi connectivity index (χ2v) is 0. The summed E-state index contributed by atoms with van der Waals surface area (Å²) < 4.78 is 0. The van der Waals surface area contributed by atoms with Crippen LogP contribution in [0.1, 0.15) is 241 Å². The maximum absolute atomic E-state index is 0. The molecule has 0 N–H and O–H groups in total. The largest absolute Gasteiger partial charge is 0.0776 e. The van der Waals surface area contributed by atoms with Gasteiger partial charge in [0.2, 0.25) is 0 Å². The van der Waals surface area contributed by atoms with Gasteiger partial charge < -0.3 is 0 Å². The van der Waals surface area contributed by atoms with Crippen molar-refractivity contribution in [1.82, 2.24) is 0 Å². The number of hydrogen-bond donors (Lipinski definition) is 0. The average Bonchev–Trinajstić information content (AvgIpc) is 0. The molecule has 0 amide bonds. The van der Waals surface area contributed by atoms with Gasteiger partial charge in [-0.15, -0.1) is 0 Å². The standard InChI is InChI=1S/32CH4.2H2/h32*1H4;2*1H/i;;;;;;;;;;;;;;;;;;;;;;;;;;;;;;;;1+2;. The van der Waals surface area contributed by atoms with Crippen molar-refractivity contribution in [3.8, 4) is 0 Å². The van der Waals surface area contributed by atoms with Gasteiger partial charge in [-0.1, -0.05) is 238 Å². The van der Waals surface area contributed by atoms with Gasteiger partial charge in [0.25, 0.3) is 0 Å². The van der Waals surface area contributed by atoms with Gasteiger partial charge in [-0.2, -0.15) is 0 Å². The van der Waals surface area contributed by atoms with Crippen molar-refractivity contribution in [3.05, 3.63) is 0 Å². The molecular weight excluding hydrogens is 384 g/mol. The molecule has 0 radical (unpaired) electrons. The average molecular weight is 519 g/mol. The molecule has 0 aliphatic rings. The van der Waals surface area contributed by atoms with Gasteiger partial charge in [0.15, 0.2) is 0 Å². The van der Waals surface area contributed by atoms with Crippen molar-refractivity contribution in [2.75, 3.05) is 0 Å². The fourth-order valence-electron chi connectivity index (χ4n) is 0. The molecule has 0 saturated carbocycles. The summed E-state index contributed by atoms with van der Waals surface area (Å²) in [6, 6.07) is 0. The van der Waals surface area contributed by atoms with E-state index in [9.17, 15) is 0 Å². The summed E-state index contributed by atoms with van der Waals surface area (Å²) in [6.07, 6.45) is 0. The molecule has 0 aromatic carbocycles. The summed E-state index contributed by atoms with van der Waals surface area (Å²) in [5, 5.41) is 0. The molecular formula is C32H132. The van der Waals surface area contributed by atoms with Crippen LogP contribution in [-0.4, -0.2) is 0 Å². The lowest BCUT2D eigenvalue weighted by molar-refractivity contribution is 2.50. The zero-order valence-electron chi connectivity index (χ0n) is 0. The lowest BCUT2D eigenvalue weighted by Crippen LogP contribution is 0.143. The molecule has 0 aromatic heterocycles. The van der Waals surface area contributed by atoms with Gasteiger partial charge in [-0.25, -0.2) is 0 Å². The van der Waals surface area contributed by atoms with Crippen LogP contribution in [0.15, 0.2) is 0 Å². The van der Waals surface area contributed by atoms with Crippen LogP contribution in [0.4, 0.5) is 0 Å². The molecule has 0 heteroatoms. The summed E-state index contributed by atoms with van der Waals surface area (Å²) in [5.74, 6) is 0. The molecule has 0 bridgehead atoms. The van der Waals surface area contributed by atoms with E-state index in [4.69, 9.17) is 0 Å². The van der Waals surface area contributed by atoms with E-state index in [1.54, 1.807) is 0 Å². The van der Waals surface area contributed by atoms with Gasteiger partial charge in [0.1, 0.15) is 0 Å². The van der Waals surface area contributed by atoms with Crippen LogP contribution in [0, 0.1) is 0 Å². The molecule has 0 aliphatic heterocycles. The highest BCUT2D eigenvalue weighted by molar-refractivity contribution is 2.53. The van der Waals surface area contributed by atoms with Crippen LogP contribution in [0.25, 0.3) is 0 Å². The van der Waals surface area contributed by atoms with Gasteiger partial charge in [-0.05, 0) is 0 Å². The maximum Gasteiger partial charge on any atom is 0 e. The third-order valence-electron chi connectivity index (χ3n) is 0. The van der Waals surface area contributed by atoms with Crippen molar-refractivity contribution in [3.63, 3.8) is 0 Å². The van der Waals surface area contributed by atoms with Crippen LogP contribution in [0.2, 0.25) is 0 Å². The van der Waals surface area contributed by atoms with E-state index < -0.39 is 0 Å². The number of rotatable bonds is 0. The summed E-state index contributed by atoms with van der Waals surface area (Å²) in [5.41, 5.74) is 0. The Hall–Kier alpha value is 0. The molecule has 260 valence electrons. The van der Waals surface area contributed by atoms with Crippen molar-refractivity contribution < 1.29 is 2.85 Å². The van der Waals surface area contributed by atoms with E-state index in [-0.39, 0.29) is 241 Å². The minimum Gasteiger partial charge on any atom is -0.0776 e. The Morgan fingerprint density at radius 1 is 0.0938 bits per heavy atom. The molecule has 0 atom stereocenters. The highest BCUT2D eigenvalue weighted by Crippen LogP contribution is 0.175. The van der Waals surface area contributed by atoms with Crippen molar-refractivity contribution in [2.45, 2.75) is 238 Å². The zero-order chi connectivity index (χ0) is 0. The van der Waals surface area contributed by atoms with E-state index >= 15 is 0 Å². The molecule has 0 spiro atoms. The predicted octanol–water partition coefficient (Wildman–Crippen LogP) is 20.8. The van der Waals surface area contributed by atoms with Gasteiger partial charge in [0, 0.05) is 2.85 Å². The Bertz CT molecular complexity index is 11.0. The quantitative estimate of drug-likeness (QED) is 0.299. The third-order valence-corrected chi connectivity index (χ3v) is 0. The smallest absolute Gasteiger partial charge is 0 e. The summed E-state index contributed by atoms with van der Waals surface area (Å²) in [4.78, 5) is 0. The van der Waals surface area contributed by atoms with E-state index in [0.29, 0.717) is 0 Å². The molecule has 32 heavy (non-hydrogen) atoms. The molecule has 0 aliphatic carbocycles. The van der Waals surface area contributed by atoms with Crippen molar-refractivity contribution >= 4 is 0 Å². The lowest BCUT2D eigenvalue weighted by Gasteiger charge is -0.0786. The van der Waals surface area contributed by atoms with Crippen molar-refractivity contribution in [2.24, 2.45) is 0 Å². The molecule has 0 rings (SSSR count). The number of hydrogen-bond acceptors (Lipinski definition) is 0. The van der Waals surface area contributed by atoms with E-state index in [0.717, 1.165) is 0 Å². The van der Waals surface area contributed by atoms with Crippen LogP contribution in [-0.2, 0) is 0 Å². The zero-order valence-corrected chi connectivity index (χ0v) is 0. The van der Waals surface area contributed by atoms with Crippen LogP contribution in [0.3, 0.4) is 0 Å². The first-order valence-corrected chi connectivity index (χ1v) is 0. The first-order chi connectivity index (χ1) is 0. The topological polar surface area (TPSA) is 0 Å². The first-order valence-electron chi connectivity index (χ1n) is 0. The highest BCUT2D eigenvalue weighted by atomic mass is 12.0. The first kappa shape index (κ1) is 0. The van der Waals surface area contributed by atoms with Gasteiger partial charge >= 0.3 is 0 Å². The van der Waals surface area contributed by atoms with Crippen LogP contribution >= 0.6 is 0 Å². The summed E-state index contributed by atoms with van der Waals surface area (Å²) in [6.45, 7) is 0. The van der Waals surface area contributed by atoms with Crippen molar-refractivity contribution in [1.29, 1.82) is 0 Å². The molecule has 0 unspecified atom stereocenters. The fourth-order valence-corrected chi connectivity index (χ4v) is 0. The molecule has 0 fully saturated rings. The Morgan fingerprint density at radius 3 is 0.0938 bits per heavy atom. The third kappa shape index (κ3) is 0. The van der Waals surface area contributed by atoms with Gasteiger partial charge in [-0.3, -0.25) is 0 Å². The van der Waals surface area contributed by atoms with E-state index in [1.165, 1.54) is 0 Å². The Kier molecular flexibility index (Phi) is 0. The normalized spacial score (nSPS) is 0. The predicted molar refractivity (Wildman–Crippen MR) is 220 cm³/mol. The fraction of sp³-hybridized carbons (Fsp3) is 1.00. The molecule has 0 saturated heterocycles. The molecule has 0 aromatic rings. The Morgan fingerprint density at radius 2 is 0.0938 bits per heavy atom. The second kappa shape index (κ2) is 0. The van der Waals surface area contributed by atoms with Crippen LogP contribution in [0.5, 0.6) is 0 Å². The minimum absolute atomic E-state index is 0. The van der Waals surface area contributed by atoms with Gasteiger partial charge in [0.05, 0.1) is 0 Å². The van der Waals surface area contributed by atoms with Crippen LogP contribution < -0.4 is 0 Å². The molecule has 0 nitrogen and oxygen atoms in total. The van der Waals surface area contributed by atoms with E-state index in [1.807, 2.05) is 0 Å². The van der Waals surface area contributed by atoms with E-state index in [2.05, 4.69) is 0 Å². The SMILES string of the molecule is C.C.C.C.C.C.C.C.C.C.C.C.C.C.C.C.C.C.C.C.C.C.C.C.C.C.C.C.C.C.C.C.[3HH].[HH]. The Balaban J connectivity index is 0.